The maximum absolute atomic E-state index is 6.26. The van der Waals surface area contributed by atoms with Crippen molar-refractivity contribution in [1.82, 2.24) is 0 Å². The van der Waals surface area contributed by atoms with E-state index >= 15 is 0 Å². The Morgan fingerprint density at radius 2 is 0.754 bits per heavy atom. The molecule has 0 spiro atoms. The highest BCUT2D eigenvalue weighted by Gasteiger charge is 2.28. The van der Waals surface area contributed by atoms with E-state index in [1.807, 2.05) is 13.8 Å². The Hall–Kier alpha value is -4.52. The summed E-state index contributed by atoms with van der Waals surface area (Å²) in [6.07, 6.45) is 0. The van der Waals surface area contributed by atoms with Crippen molar-refractivity contribution >= 4 is 64.6 Å². The van der Waals surface area contributed by atoms with E-state index in [4.69, 9.17) is 42.6 Å². The summed E-state index contributed by atoms with van der Waals surface area (Å²) < 4.78 is 54.9. The SMILES string of the molecule is C[C@]1(COCCOCc2ccc3ccc4cccc5ccc2c3c45)COCCOC[C@](C)(COCCOCc2ccc3ccc4cccc5ccc2c3c45)OCCOCCO1. The molecule has 318 valence electrons. The predicted octanol–water partition coefficient (Wildman–Crippen LogP) is 9.86. The van der Waals surface area contributed by atoms with Crippen molar-refractivity contribution in [1.29, 1.82) is 0 Å². The Kier molecular flexibility index (Phi) is 13.2. The van der Waals surface area contributed by atoms with Gasteiger partial charge >= 0.3 is 0 Å². The molecule has 1 heterocycles. The molecule has 1 aliphatic heterocycles. The van der Waals surface area contributed by atoms with Crippen LogP contribution in [0.2, 0.25) is 0 Å². The quantitative estimate of drug-likeness (QED) is 0.0787. The smallest absolute Gasteiger partial charge is 0.112 e. The molecule has 9 heteroatoms. The van der Waals surface area contributed by atoms with Crippen LogP contribution < -0.4 is 0 Å². The Morgan fingerprint density at radius 3 is 1.20 bits per heavy atom. The zero-order valence-corrected chi connectivity index (χ0v) is 35.4. The zero-order chi connectivity index (χ0) is 41.5. The van der Waals surface area contributed by atoms with Gasteiger partial charge in [-0.2, -0.15) is 0 Å². The lowest BCUT2D eigenvalue weighted by Crippen LogP contribution is -2.41. The fourth-order valence-electron chi connectivity index (χ4n) is 8.76. The van der Waals surface area contributed by atoms with Crippen LogP contribution in [0.1, 0.15) is 25.0 Å². The maximum atomic E-state index is 6.26. The molecule has 0 radical (unpaired) electrons. The van der Waals surface area contributed by atoms with E-state index in [9.17, 15) is 0 Å². The van der Waals surface area contributed by atoms with Gasteiger partial charge < -0.3 is 42.6 Å². The van der Waals surface area contributed by atoms with Gasteiger partial charge in [0.2, 0.25) is 0 Å². The second-order valence-corrected chi connectivity index (χ2v) is 16.7. The molecule has 0 aliphatic carbocycles. The fraction of sp³-hybridized carbons (Fsp3) is 0.385. The van der Waals surface area contributed by atoms with Crippen molar-refractivity contribution < 1.29 is 42.6 Å². The molecular formula is C52H56O9. The molecule has 1 saturated heterocycles. The highest BCUT2D eigenvalue weighted by Crippen LogP contribution is 2.37. The lowest BCUT2D eigenvalue weighted by atomic mass is 9.92. The molecule has 8 aromatic carbocycles. The van der Waals surface area contributed by atoms with Gasteiger partial charge in [0.1, 0.15) is 11.2 Å². The minimum absolute atomic E-state index is 0.353. The summed E-state index contributed by atoms with van der Waals surface area (Å²) in [5, 5.41) is 15.3. The Morgan fingerprint density at radius 1 is 0.393 bits per heavy atom. The molecule has 0 N–H and O–H groups in total. The molecule has 1 fully saturated rings. The van der Waals surface area contributed by atoms with E-state index in [1.54, 1.807) is 0 Å². The van der Waals surface area contributed by atoms with E-state index in [2.05, 4.69) is 109 Å². The molecule has 0 unspecified atom stereocenters. The first kappa shape index (κ1) is 41.8. The third-order valence-electron chi connectivity index (χ3n) is 11.9. The predicted molar refractivity (Wildman–Crippen MR) is 242 cm³/mol. The lowest BCUT2D eigenvalue weighted by Gasteiger charge is -2.30. The number of hydrogen-bond donors (Lipinski definition) is 0. The summed E-state index contributed by atoms with van der Waals surface area (Å²) in [7, 11) is 0. The molecule has 0 saturated carbocycles. The Labute approximate surface area is 357 Å². The van der Waals surface area contributed by atoms with Gasteiger partial charge in [-0.05, 0) is 89.6 Å². The summed E-state index contributed by atoms with van der Waals surface area (Å²) in [4.78, 5) is 0. The molecule has 2 atom stereocenters. The van der Waals surface area contributed by atoms with Crippen molar-refractivity contribution in [3.63, 3.8) is 0 Å². The normalized spacial score (nSPS) is 20.4. The largest absolute Gasteiger partial charge is 0.377 e. The van der Waals surface area contributed by atoms with Crippen LogP contribution >= 0.6 is 0 Å². The first-order chi connectivity index (χ1) is 30.0. The molecule has 9 rings (SSSR count). The van der Waals surface area contributed by atoms with Crippen LogP contribution in [0.25, 0.3) is 64.6 Å². The van der Waals surface area contributed by atoms with Gasteiger partial charge in [0.15, 0.2) is 0 Å². The van der Waals surface area contributed by atoms with Crippen LogP contribution in [0.3, 0.4) is 0 Å². The standard InChI is InChI=1S/C52H56O9/c1-51(33-56-23-21-54-31-43-15-13-41-11-9-37-5-3-7-39-17-19-45(43)49(41)47(37)39)35-58-25-26-59-36-52(2,61-30-28-53-27-29-60-51)34-57-24-22-55-32-44-16-14-42-12-10-38-6-4-8-40-18-20-46(44)50(42)48(38)40/h3-20H,21-36H2,1-2H3/t51-,52-/m0/s1. The van der Waals surface area contributed by atoms with E-state index in [0.29, 0.717) is 106 Å². The highest BCUT2D eigenvalue weighted by molar-refractivity contribution is 6.24. The molecule has 61 heavy (non-hydrogen) atoms. The van der Waals surface area contributed by atoms with E-state index in [0.717, 1.165) is 0 Å². The van der Waals surface area contributed by atoms with Crippen LogP contribution in [0.5, 0.6) is 0 Å². The second-order valence-electron chi connectivity index (χ2n) is 16.7. The third kappa shape index (κ3) is 9.61. The highest BCUT2D eigenvalue weighted by atomic mass is 16.6. The van der Waals surface area contributed by atoms with E-state index < -0.39 is 11.2 Å². The Bertz CT molecular complexity index is 2450. The monoisotopic (exact) mass is 824 g/mol. The number of hydrogen-bond acceptors (Lipinski definition) is 9. The van der Waals surface area contributed by atoms with Gasteiger partial charge in [-0.15, -0.1) is 0 Å². The van der Waals surface area contributed by atoms with Crippen molar-refractivity contribution in [3.8, 4) is 0 Å². The average molecular weight is 825 g/mol. The van der Waals surface area contributed by atoms with Crippen LogP contribution in [0, 0.1) is 0 Å². The zero-order valence-electron chi connectivity index (χ0n) is 35.4. The number of rotatable bonds is 14. The van der Waals surface area contributed by atoms with Gasteiger partial charge in [0, 0.05) is 0 Å². The summed E-state index contributed by atoms with van der Waals surface area (Å²) in [5.74, 6) is 0. The van der Waals surface area contributed by atoms with Gasteiger partial charge in [-0.1, -0.05) is 109 Å². The molecule has 0 bridgehead atoms. The first-order valence-corrected chi connectivity index (χ1v) is 21.6. The summed E-state index contributed by atoms with van der Waals surface area (Å²) >= 11 is 0. The lowest BCUT2D eigenvalue weighted by molar-refractivity contribution is -0.141. The van der Waals surface area contributed by atoms with Gasteiger partial charge in [-0.3, -0.25) is 0 Å². The van der Waals surface area contributed by atoms with Crippen molar-refractivity contribution in [2.75, 3.05) is 92.5 Å². The van der Waals surface area contributed by atoms with Crippen molar-refractivity contribution in [2.24, 2.45) is 0 Å². The fourth-order valence-corrected chi connectivity index (χ4v) is 8.76. The van der Waals surface area contributed by atoms with Gasteiger partial charge in [-0.25, -0.2) is 0 Å². The number of ether oxygens (including phenoxy) is 9. The van der Waals surface area contributed by atoms with Crippen molar-refractivity contribution in [3.05, 3.63) is 120 Å². The minimum Gasteiger partial charge on any atom is -0.377 e. The Balaban J connectivity index is 0.692. The van der Waals surface area contributed by atoms with Gasteiger partial charge in [0.25, 0.3) is 0 Å². The average Bonchev–Trinajstić information content (AvgIpc) is 3.29. The van der Waals surface area contributed by atoms with Crippen LogP contribution in [0.15, 0.2) is 109 Å². The van der Waals surface area contributed by atoms with E-state index in [1.165, 1.54) is 75.8 Å². The van der Waals surface area contributed by atoms with Gasteiger partial charge in [0.05, 0.1) is 106 Å². The van der Waals surface area contributed by atoms with Crippen molar-refractivity contribution in [2.45, 2.75) is 38.3 Å². The summed E-state index contributed by atoms with van der Waals surface area (Å²) in [6, 6.07) is 39.4. The summed E-state index contributed by atoms with van der Waals surface area (Å²) in [5.41, 5.74) is 1.04. The maximum Gasteiger partial charge on any atom is 0.112 e. The minimum atomic E-state index is -0.656. The first-order valence-electron chi connectivity index (χ1n) is 21.6. The second kappa shape index (κ2) is 19.3. The summed E-state index contributed by atoms with van der Waals surface area (Å²) in [6.45, 7) is 10.7. The van der Waals surface area contributed by atoms with Crippen LogP contribution in [0.4, 0.5) is 0 Å². The molecule has 8 aromatic rings. The number of benzene rings is 8. The topological polar surface area (TPSA) is 83.1 Å². The molecule has 0 amide bonds. The third-order valence-corrected chi connectivity index (χ3v) is 11.9. The molecular weight excluding hydrogens is 769 g/mol. The van der Waals surface area contributed by atoms with Crippen LogP contribution in [-0.2, 0) is 55.8 Å². The van der Waals surface area contributed by atoms with E-state index in [-0.39, 0.29) is 0 Å². The molecule has 0 aromatic heterocycles. The molecule has 9 nitrogen and oxygen atoms in total. The molecule has 1 aliphatic rings. The van der Waals surface area contributed by atoms with Crippen LogP contribution in [-0.4, -0.2) is 104 Å².